The summed E-state index contributed by atoms with van der Waals surface area (Å²) in [5.41, 5.74) is 7.24. The van der Waals surface area contributed by atoms with Crippen molar-refractivity contribution in [1.82, 2.24) is 4.57 Å². The maximum atomic E-state index is 12.6. The summed E-state index contributed by atoms with van der Waals surface area (Å²) in [6.45, 7) is 3.35. The molecule has 0 unspecified atom stereocenters. The number of aliphatic carboxylic acids is 2. The Balaban J connectivity index is 1.86. The van der Waals surface area contributed by atoms with E-state index in [0.29, 0.717) is 5.56 Å². The molecule has 4 rings (SSSR count). The van der Waals surface area contributed by atoms with Gasteiger partial charge in [0.15, 0.2) is 18.9 Å². The van der Waals surface area contributed by atoms with Gasteiger partial charge in [0.2, 0.25) is 0 Å². The van der Waals surface area contributed by atoms with Crippen LogP contribution in [0.25, 0.3) is 28.3 Å². The van der Waals surface area contributed by atoms with Gasteiger partial charge >= 0.3 is 11.9 Å². The van der Waals surface area contributed by atoms with Crippen LogP contribution in [0.2, 0.25) is 0 Å². The number of ether oxygens (including phenoxy) is 1. The van der Waals surface area contributed by atoms with Crippen LogP contribution in [0, 0.1) is 6.92 Å². The van der Waals surface area contributed by atoms with E-state index in [9.17, 15) is 24.6 Å². The molecule has 1 aromatic heterocycles. The highest BCUT2D eigenvalue weighted by atomic mass is 16.5. The quantitative estimate of drug-likeness (QED) is 0.456. The summed E-state index contributed by atoms with van der Waals surface area (Å²) in [6.07, 6.45) is 10.7. The minimum atomic E-state index is -1.16. The molecule has 2 aliphatic carbocycles. The van der Waals surface area contributed by atoms with Gasteiger partial charge in [0.25, 0.3) is 0 Å². The monoisotopic (exact) mass is 446 g/mol. The number of aryl methyl sites for hydroxylation is 1. The lowest BCUT2D eigenvalue weighted by Gasteiger charge is -2.14. The number of carbonyl (C=O) groups is 3. The lowest BCUT2D eigenvalue weighted by molar-refractivity contribution is -0.690. The van der Waals surface area contributed by atoms with Crippen LogP contribution in [0.1, 0.15) is 39.5 Å². The molecule has 1 aliphatic heterocycles. The fraction of sp³-hybridized carbons (Fsp3) is 0.200. The molecule has 8 nitrogen and oxygen atoms in total. The van der Waals surface area contributed by atoms with E-state index in [-0.39, 0.29) is 18.7 Å². The van der Waals surface area contributed by atoms with Crippen molar-refractivity contribution in [2.75, 3.05) is 7.11 Å². The third-order valence-electron chi connectivity index (χ3n) is 5.69. The van der Waals surface area contributed by atoms with Crippen LogP contribution in [0.5, 0.6) is 0 Å². The predicted molar refractivity (Wildman–Crippen MR) is 118 cm³/mol. The molecular weight excluding hydrogens is 424 g/mol. The van der Waals surface area contributed by atoms with E-state index >= 15 is 0 Å². The van der Waals surface area contributed by atoms with E-state index in [2.05, 4.69) is 0 Å². The minimum absolute atomic E-state index is 0.231. The van der Waals surface area contributed by atoms with E-state index in [0.717, 1.165) is 39.0 Å². The molecule has 2 heterocycles. The van der Waals surface area contributed by atoms with Crippen LogP contribution >= 0.6 is 0 Å². The third-order valence-corrected chi connectivity index (χ3v) is 5.69. The number of allylic oxidation sites excluding steroid dienone is 3. The maximum Gasteiger partial charge on any atom is 0.340 e. The van der Waals surface area contributed by atoms with E-state index in [4.69, 9.17) is 4.74 Å². The Hall–Kier alpha value is -4.20. The van der Waals surface area contributed by atoms with Gasteiger partial charge in [0.1, 0.15) is 12.5 Å². The Morgan fingerprint density at radius 1 is 1.18 bits per heavy atom. The van der Waals surface area contributed by atoms with Gasteiger partial charge in [-0.2, -0.15) is 4.57 Å². The minimum Gasteiger partial charge on any atom is -0.544 e. The van der Waals surface area contributed by atoms with Gasteiger partial charge in [-0.15, -0.1) is 0 Å². The molecule has 0 bridgehead atoms. The number of rotatable bonds is 6. The summed E-state index contributed by atoms with van der Waals surface area (Å²) in [5, 5.41) is 20.1. The molecule has 0 spiro atoms. The largest absolute Gasteiger partial charge is 0.544 e. The standard InChI is InChI=1S/C25H22N2O6/c1-14-6-16(18-4-5-26(9-19(14)18)12-22(28)29)8-17-7-15(2)20-10-27(13-23(30)31)11-21(24(17)20)25(32)33-3/h4-11H,12-13H2,1-3H3,(H-,28,29,30,31). The number of fused-ring (bicyclic) bond motifs is 2. The molecule has 0 fully saturated rings. The zero-order valence-corrected chi connectivity index (χ0v) is 18.4. The van der Waals surface area contributed by atoms with Gasteiger partial charge in [-0.3, -0.25) is 4.79 Å². The predicted octanol–water partition coefficient (Wildman–Crippen LogP) is 1.77. The molecular formula is C25H22N2O6. The highest BCUT2D eigenvalue weighted by molar-refractivity contribution is 6.06. The molecule has 0 saturated heterocycles. The highest BCUT2D eigenvalue weighted by Gasteiger charge is 2.25. The van der Waals surface area contributed by atoms with Crippen LogP contribution in [0.4, 0.5) is 0 Å². The normalized spacial score (nSPS) is 13.8. The number of carbonyl (C=O) groups excluding carboxylic acids is 2. The summed E-state index contributed by atoms with van der Waals surface area (Å²) in [5.74, 6) is -2.72. The Morgan fingerprint density at radius 3 is 2.61 bits per heavy atom. The molecule has 0 aromatic carbocycles. The Kier molecular flexibility index (Phi) is 5.59. The fourth-order valence-electron chi connectivity index (χ4n) is 4.29. The first kappa shape index (κ1) is 22.0. The number of carboxylic acids is 2. The van der Waals surface area contributed by atoms with Gasteiger partial charge in [-0.25, -0.2) is 4.79 Å². The van der Waals surface area contributed by atoms with Crippen LogP contribution in [0.15, 0.2) is 43.0 Å². The van der Waals surface area contributed by atoms with Gasteiger partial charge in [0, 0.05) is 40.7 Å². The van der Waals surface area contributed by atoms with Crippen LogP contribution < -0.4 is 9.67 Å². The zero-order chi connectivity index (χ0) is 23.9. The average molecular weight is 446 g/mol. The first-order valence-corrected chi connectivity index (χ1v) is 10.2. The summed E-state index contributed by atoms with van der Waals surface area (Å²) in [4.78, 5) is 34.7. The smallest absolute Gasteiger partial charge is 0.340 e. The zero-order valence-electron chi connectivity index (χ0n) is 18.4. The number of hydrogen-bond acceptors (Lipinski definition) is 5. The van der Waals surface area contributed by atoms with Gasteiger partial charge < -0.3 is 24.3 Å². The van der Waals surface area contributed by atoms with Gasteiger partial charge in [-0.1, -0.05) is 12.1 Å². The second-order valence-electron chi connectivity index (χ2n) is 8.04. The lowest BCUT2D eigenvalue weighted by atomic mass is 9.98. The van der Waals surface area contributed by atoms with Gasteiger partial charge in [0.05, 0.1) is 12.7 Å². The number of methoxy groups -OCH3 is 1. The van der Waals surface area contributed by atoms with Crippen molar-refractivity contribution >= 4 is 35.1 Å². The molecule has 0 atom stereocenters. The first-order chi connectivity index (χ1) is 15.7. The average Bonchev–Trinajstić information content (AvgIpc) is 3.22. The SMILES string of the molecule is COC(=O)c1cn(CC(=O)O)cc2c(C)cc(/C=C3\C=C(C)c4c[n+](CC(=O)[O-])ccc43)c1-2. The van der Waals surface area contributed by atoms with Crippen LogP contribution in [-0.2, 0) is 27.4 Å². The van der Waals surface area contributed by atoms with Crippen molar-refractivity contribution in [3.8, 4) is 11.1 Å². The fourth-order valence-corrected chi connectivity index (χ4v) is 4.29. The number of esters is 1. The Morgan fingerprint density at radius 2 is 1.94 bits per heavy atom. The van der Waals surface area contributed by atoms with Crippen LogP contribution in [0.3, 0.4) is 0 Å². The number of hydrogen-bond donors (Lipinski definition) is 1. The molecule has 0 radical (unpaired) electrons. The van der Waals surface area contributed by atoms with Crippen LogP contribution in [-0.4, -0.2) is 34.7 Å². The van der Waals surface area contributed by atoms with Crippen molar-refractivity contribution in [2.45, 2.75) is 26.9 Å². The summed E-state index contributed by atoms with van der Waals surface area (Å²) >= 11 is 0. The summed E-state index contributed by atoms with van der Waals surface area (Å²) in [7, 11) is 1.29. The van der Waals surface area contributed by atoms with Crippen molar-refractivity contribution < 1.29 is 33.9 Å². The molecule has 3 aliphatic rings. The molecule has 168 valence electrons. The van der Waals surface area contributed by atoms with Gasteiger partial charge in [-0.05, 0) is 42.2 Å². The molecule has 0 saturated carbocycles. The second kappa shape index (κ2) is 8.38. The molecule has 1 N–H and O–H groups in total. The topological polar surface area (TPSA) is 113 Å². The van der Waals surface area contributed by atoms with E-state index in [1.807, 2.05) is 38.1 Å². The molecule has 33 heavy (non-hydrogen) atoms. The number of aromatic nitrogens is 2. The van der Waals surface area contributed by atoms with Crippen molar-refractivity contribution in [2.24, 2.45) is 0 Å². The van der Waals surface area contributed by atoms with E-state index < -0.39 is 17.9 Å². The molecule has 1 aromatic rings. The van der Waals surface area contributed by atoms with Crippen molar-refractivity contribution in [1.29, 1.82) is 0 Å². The third kappa shape index (κ3) is 4.15. The Labute approximate surface area is 190 Å². The number of carboxylic acid groups (broad SMARTS) is 2. The maximum absolute atomic E-state index is 12.6. The van der Waals surface area contributed by atoms with Crippen molar-refractivity contribution in [3.63, 3.8) is 0 Å². The summed E-state index contributed by atoms with van der Waals surface area (Å²) in [6, 6.07) is 3.81. The highest BCUT2D eigenvalue weighted by Crippen LogP contribution is 2.40. The Bertz CT molecular complexity index is 1350. The number of nitrogens with zero attached hydrogens (tertiary/aromatic N) is 2. The van der Waals surface area contributed by atoms with E-state index in [1.54, 1.807) is 23.2 Å². The molecule has 0 amide bonds. The van der Waals surface area contributed by atoms with Crippen molar-refractivity contribution in [3.05, 3.63) is 70.8 Å². The second-order valence-corrected chi connectivity index (χ2v) is 8.04. The summed E-state index contributed by atoms with van der Waals surface area (Å²) < 4.78 is 8.00. The molecule has 8 heteroatoms. The first-order valence-electron chi connectivity index (χ1n) is 10.2. The lowest BCUT2D eigenvalue weighted by Crippen LogP contribution is -2.43. The number of pyridine rings is 2. The van der Waals surface area contributed by atoms with E-state index in [1.165, 1.54) is 17.9 Å².